The zero-order valence-electron chi connectivity index (χ0n) is 11.7. The van der Waals surface area contributed by atoms with Crippen molar-refractivity contribution in [2.75, 3.05) is 20.6 Å². The van der Waals surface area contributed by atoms with Gasteiger partial charge in [-0.15, -0.1) is 11.3 Å². The van der Waals surface area contributed by atoms with Crippen LogP contribution in [0, 0.1) is 0 Å². The van der Waals surface area contributed by atoms with E-state index < -0.39 is 0 Å². The Labute approximate surface area is 122 Å². The predicted octanol–water partition coefficient (Wildman–Crippen LogP) is 1.66. The number of carbonyl (C=O) groups excluding carboxylic acids is 1. The van der Waals surface area contributed by atoms with Gasteiger partial charge in [0.2, 0.25) is 0 Å². The van der Waals surface area contributed by atoms with E-state index in [4.69, 9.17) is 0 Å². The summed E-state index contributed by atoms with van der Waals surface area (Å²) < 4.78 is 1.96. The standard InChI is InChI=1S/C14H18N4OS/c1-16(2)14(19)13-8-11-9-17(5-6-18(11)15-13)10-12-4-3-7-20-12/h3-4,7-8H,5-6,9-10H2,1-2H3. The van der Waals surface area contributed by atoms with Crippen molar-refractivity contribution in [2.24, 2.45) is 0 Å². The van der Waals surface area contributed by atoms with Crippen LogP contribution in [0.3, 0.4) is 0 Å². The van der Waals surface area contributed by atoms with Gasteiger partial charge in [0, 0.05) is 38.6 Å². The van der Waals surface area contributed by atoms with Crippen LogP contribution >= 0.6 is 11.3 Å². The van der Waals surface area contributed by atoms with Gasteiger partial charge in [-0.3, -0.25) is 14.4 Å². The molecular formula is C14H18N4OS. The second-order valence-corrected chi connectivity index (χ2v) is 6.27. The molecule has 2 aromatic heterocycles. The van der Waals surface area contributed by atoms with Gasteiger partial charge < -0.3 is 4.90 Å². The third kappa shape index (κ3) is 2.62. The molecule has 6 heteroatoms. The Kier molecular flexibility index (Phi) is 3.58. The maximum atomic E-state index is 11.9. The van der Waals surface area contributed by atoms with Crippen molar-refractivity contribution in [2.45, 2.75) is 19.6 Å². The van der Waals surface area contributed by atoms with Crippen molar-refractivity contribution < 1.29 is 4.79 Å². The number of nitrogens with zero attached hydrogens (tertiary/aromatic N) is 4. The lowest BCUT2D eigenvalue weighted by Crippen LogP contribution is -2.33. The molecule has 5 nitrogen and oxygen atoms in total. The molecule has 0 N–H and O–H groups in total. The van der Waals surface area contributed by atoms with E-state index in [9.17, 15) is 4.79 Å². The van der Waals surface area contributed by atoms with Crippen molar-refractivity contribution in [3.63, 3.8) is 0 Å². The van der Waals surface area contributed by atoms with E-state index in [1.54, 1.807) is 30.3 Å². The van der Waals surface area contributed by atoms with Gasteiger partial charge in [0.15, 0.2) is 5.69 Å². The number of amides is 1. The summed E-state index contributed by atoms with van der Waals surface area (Å²) in [6.07, 6.45) is 0. The first-order valence-electron chi connectivity index (χ1n) is 6.66. The Balaban J connectivity index is 1.73. The zero-order valence-corrected chi connectivity index (χ0v) is 12.6. The van der Waals surface area contributed by atoms with Gasteiger partial charge in [-0.05, 0) is 17.5 Å². The number of hydrogen-bond donors (Lipinski definition) is 0. The minimum atomic E-state index is -0.0308. The highest BCUT2D eigenvalue weighted by molar-refractivity contribution is 7.09. The molecule has 2 aromatic rings. The molecule has 20 heavy (non-hydrogen) atoms. The van der Waals surface area contributed by atoms with Gasteiger partial charge in [-0.2, -0.15) is 5.10 Å². The molecule has 1 aliphatic heterocycles. The number of thiophene rings is 1. The summed E-state index contributed by atoms with van der Waals surface area (Å²) >= 11 is 1.79. The van der Waals surface area contributed by atoms with Crippen LogP contribution in [-0.4, -0.2) is 46.1 Å². The number of carbonyl (C=O) groups is 1. The molecule has 0 saturated carbocycles. The van der Waals surface area contributed by atoms with Crippen LogP contribution in [0.5, 0.6) is 0 Å². The Hall–Kier alpha value is -1.66. The fourth-order valence-electron chi connectivity index (χ4n) is 2.41. The average Bonchev–Trinajstić information content (AvgIpc) is 3.06. The SMILES string of the molecule is CN(C)C(=O)c1cc2n(n1)CCN(Cc1cccs1)C2. The predicted molar refractivity (Wildman–Crippen MR) is 78.7 cm³/mol. The Morgan fingerprint density at radius 3 is 3.00 bits per heavy atom. The van der Waals surface area contributed by atoms with Gasteiger partial charge in [0.05, 0.1) is 12.2 Å². The van der Waals surface area contributed by atoms with E-state index in [-0.39, 0.29) is 5.91 Å². The highest BCUT2D eigenvalue weighted by Gasteiger charge is 2.21. The van der Waals surface area contributed by atoms with Gasteiger partial charge in [0.25, 0.3) is 5.91 Å². The zero-order chi connectivity index (χ0) is 14.1. The molecule has 0 atom stereocenters. The molecule has 1 aliphatic rings. The first-order chi connectivity index (χ1) is 9.63. The summed E-state index contributed by atoms with van der Waals surface area (Å²) in [5.74, 6) is -0.0308. The molecule has 0 aromatic carbocycles. The van der Waals surface area contributed by atoms with E-state index in [0.29, 0.717) is 5.69 Å². The van der Waals surface area contributed by atoms with Crippen molar-refractivity contribution in [1.82, 2.24) is 19.6 Å². The molecule has 0 saturated heterocycles. The van der Waals surface area contributed by atoms with E-state index in [2.05, 4.69) is 27.5 Å². The first kappa shape index (κ1) is 13.3. The molecule has 0 aliphatic carbocycles. The lowest BCUT2D eigenvalue weighted by Gasteiger charge is -2.26. The second kappa shape index (κ2) is 5.38. The monoisotopic (exact) mass is 290 g/mol. The number of aromatic nitrogens is 2. The van der Waals surface area contributed by atoms with Gasteiger partial charge in [0.1, 0.15) is 0 Å². The Morgan fingerprint density at radius 1 is 1.45 bits per heavy atom. The molecule has 3 rings (SSSR count). The smallest absolute Gasteiger partial charge is 0.273 e. The van der Waals surface area contributed by atoms with Gasteiger partial charge in [-0.25, -0.2) is 0 Å². The van der Waals surface area contributed by atoms with E-state index >= 15 is 0 Å². The van der Waals surface area contributed by atoms with Crippen LogP contribution in [0.1, 0.15) is 21.1 Å². The topological polar surface area (TPSA) is 41.4 Å². The minimum Gasteiger partial charge on any atom is -0.343 e. The summed E-state index contributed by atoms with van der Waals surface area (Å²) in [6, 6.07) is 6.17. The summed E-state index contributed by atoms with van der Waals surface area (Å²) in [6.45, 7) is 3.65. The maximum Gasteiger partial charge on any atom is 0.273 e. The van der Waals surface area contributed by atoms with Crippen LogP contribution in [0.4, 0.5) is 0 Å². The summed E-state index contributed by atoms with van der Waals surface area (Å²) in [7, 11) is 3.51. The minimum absolute atomic E-state index is 0.0308. The molecular weight excluding hydrogens is 272 g/mol. The van der Waals surface area contributed by atoms with Gasteiger partial charge >= 0.3 is 0 Å². The highest BCUT2D eigenvalue weighted by Crippen LogP contribution is 2.18. The molecule has 3 heterocycles. The van der Waals surface area contributed by atoms with Crippen LogP contribution in [-0.2, 0) is 19.6 Å². The average molecular weight is 290 g/mol. The molecule has 106 valence electrons. The molecule has 0 bridgehead atoms. The molecule has 0 unspecified atom stereocenters. The number of fused-ring (bicyclic) bond motifs is 1. The lowest BCUT2D eigenvalue weighted by molar-refractivity contribution is 0.0821. The van der Waals surface area contributed by atoms with Crippen molar-refractivity contribution in [3.05, 3.63) is 39.8 Å². The molecule has 1 amide bonds. The Morgan fingerprint density at radius 2 is 2.30 bits per heavy atom. The summed E-state index contributed by atoms with van der Waals surface area (Å²) in [4.78, 5) is 17.3. The van der Waals surface area contributed by atoms with Crippen molar-refractivity contribution >= 4 is 17.2 Å². The fraction of sp³-hybridized carbons (Fsp3) is 0.429. The van der Waals surface area contributed by atoms with Crippen LogP contribution in [0.2, 0.25) is 0 Å². The number of hydrogen-bond acceptors (Lipinski definition) is 4. The highest BCUT2D eigenvalue weighted by atomic mass is 32.1. The van der Waals surface area contributed by atoms with Gasteiger partial charge in [-0.1, -0.05) is 6.07 Å². The van der Waals surface area contributed by atoms with E-state index in [1.165, 1.54) is 4.88 Å². The lowest BCUT2D eigenvalue weighted by atomic mass is 10.2. The second-order valence-electron chi connectivity index (χ2n) is 5.23. The summed E-state index contributed by atoms with van der Waals surface area (Å²) in [5.41, 5.74) is 1.67. The quantitative estimate of drug-likeness (QED) is 0.863. The fourth-order valence-corrected chi connectivity index (χ4v) is 3.16. The van der Waals surface area contributed by atoms with Crippen molar-refractivity contribution in [3.8, 4) is 0 Å². The van der Waals surface area contributed by atoms with Crippen LogP contribution in [0.15, 0.2) is 23.6 Å². The maximum absolute atomic E-state index is 11.9. The largest absolute Gasteiger partial charge is 0.343 e. The molecule has 0 radical (unpaired) electrons. The third-order valence-corrected chi connectivity index (χ3v) is 4.32. The van der Waals surface area contributed by atoms with Crippen LogP contribution in [0.25, 0.3) is 0 Å². The van der Waals surface area contributed by atoms with E-state index in [0.717, 1.165) is 31.9 Å². The van der Waals surface area contributed by atoms with E-state index in [1.807, 2.05) is 10.7 Å². The Bertz CT molecular complexity index is 603. The number of rotatable bonds is 3. The first-order valence-corrected chi connectivity index (χ1v) is 7.54. The van der Waals surface area contributed by atoms with Crippen LogP contribution < -0.4 is 0 Å². The molecule has 0 spiro atoms. The summed E-state index contributed by atoms with van der Waals surface area (Å²) in [5, 5.41) is 6.51. The van der Waals surface area contributed by atoms with Crippen molar-refractivity contribution in [1.29, 1.82) is 0 Å². The molecule has 0 fully saturated rings. The normalized spacial score (nSPS) is 15.1. The third-order valence-electron chi connectivity index (χ3n) is 3.46.